The second-order valence-electron chi connectivity index (χ2n) is 13.2. The molecule has 2 aliphatic heterocycles. The number of aliphatic hydroxyl groups excluding tert-OH is 1. The number of alkyl halides is 1. The smallest absolute Gasteiger partial charge is 0.342 e. The van der Waals surface area contributed by atoms with Crippen molar-refractivity contribution in [3.05, 3.63) is 24.9 Å². The second-order valence-corrected chi connectivity index (χ2v) is 15.1. The van der Waals surface area contributed by atoms with Crippen molar-refractivity contribution in [1.82, 2.24) is 15.1 Å². The molecule has 3 N–H and O–H groups in total. The summed E-state index contributed by atoms with van der Waals surface area (Å²) in [5, 5.41) is 15.7. The molecule has 0 aliphatic carbocycles. The van der Waals surface area contributed by atoms with Crippen LogP contribution in [0.15, 0.2) is 24.9 Å². The van der Waals surface area contributed by atoms with Crippen LogP contribution >= 0.6 is 7.67 Å². The van der Waals surface area contributed by atoms with Gasteiger partial charge in [0.1, 0.15) is 23.8 Å². The molecule has 0 radical (unpaired) electrons. The van der Waals surface area contributed by atoms with Gasteiger partial charge in [0.15, 0.2) is 18.2 Å². The SMILES string of the molecule is C=C[C@]1(COP(=O)(N[C@@H](C)C(=O)OCC(C)(C)C)N[C@@H](C)C(=O)OCC(C)(C)C)O[C@@H](N2C=CC(=O)CC2=O)[C@H](O)[C@@H]1F. The van der Waals surface area contributed by atoms with Gasteiger partial charge in [-0.1, -0.05) is 47.6 Å². The highest BCUT2D eigenvalue weighted by molar-refractivity contribution is 7.54. The first-order chi connectivity index (χ1) is 19.6. The van der Waals surface area contributed by atoms with Gasteiger partial charge in [0.2, 0.25) is 5.91 Å². The predicted octanol–water partition coefficient (Wildman–Crippen LogP) is 2.54. The number of hydrogen-bond donors (Lipinski definition) is 3. The third-order valence-corrected chi connectivity index (χ3v) is 8.20. The zero-order valence-corrected chi connectivity index (χ0v) is 26.9. The third-order valence-electron chi connectivity index (χ3n) is 6.25. The molecule has 1 fully saturated rings. The van der Waals surface area contributed by atoms with E-state index < -0.39 is 80.5 Å². The summed E-state index contributed by atoms with van der Waals surface area (Å²) in [5.41, 5.74) is -2.81. The summed E-state index contributed by atoms with van der Waals surface area (Å²) in [7, 11) is -4.41. The fourth-order valence-corrected chi connectivity index (χ4v) is 5.70. The minimum absolute atomic E-state index is 0.0669. The van der Waals surface area contributed by atoms with E-state index in [1.807, 2.05) is 41.5 Å². The van der Waals surface area contributed by atoms with E-state index in [9.17, 15) is 28.8 Å². The van der Waals surface area contributed by atoms with Crippen LogP contribution in [-0.4, -0.2) is 89.6 Å². The van der Waals surface area contributed by atoms with Crippen LogP contribution in [0.5, 0.6) is 0 Å². The maximum atomic E-state index is 15.6. The minimum atomic E-state index is -4.41. The summed E-state index contributed by atoms with van der Waals surface area (Å²) in [6, 6.07) is -2.42. The van der Waals surface area contributed by atoms with Crippen LogP contribution in [0.1, 0.15) is 61.8 Å². The number of ether oxygens (including phenoxy) is 3. The highest BCUT2D eigenvalue weighted by Crippen LogP contribution is 2.44. The van der Waals surface area contributed by atoms with Crippen molar-refractivity contribution in [2.24, 2.45) is 10.8 Å². The molecule has 0 saturated carbocycles. The molecule has 0 unspecified atom stereocenters. The van der Waals surface area contributed by atoms with Crippen LogP contribution in [0.4, 0.5) is 4.39 Å². The lowest BCUT2D eigenvalue weighted by atomic mass is 9.97. The fourth-order valence-electron chi connectivity index (χ4n) is 3.86. The highest BCUT2D eigenvalue weighted by atomic mass is 31.2. The zero-order chi connectivity index (χ0) is 33.0. The van der Waals surface area contributed by atoms with Gasteiger partial charge < -0.3 is 23.8 Å². The molecule has 43 heavy (non-hydrogen) atoms. The number of aliphatic hydroxyl groups is 1. The normalized spacial score (nSPS) is 26.3. The Morgan fingerprint density at radius 2 is 1.63 bits per heavy atom. The molecular weight excluding hydrogens is 588 g/mol. The predicted molar refractivity (Wildman–Crippen MR) is 154 cm³/mol. The van der Waals surface area contributed by atoms with Gasteiger partial charge in [0.25, 0.3) is 0 Å². The van der Waals surface area contributed by atoms with E-state index in [0.717, 1.165) is 23.3 Å². The number of rotatable bonds is 13. The van der Waals surface area contributed by atoms with Gasteiger partial charge in [-0.25, -0.2) is 14.6 Å². The van der Waals surface area contributed by atoms with E-state index in [2.05, 4.69) is 16.8 Å². The number of esters is 2. The highest BCUT2D eigenvalue weighted by Gasteiger charge is 2.57. The Hall–Kier alpha value is -2.48. The van der Waals surface area contributed by atoms with Crippen LogP contribution in [0, 0.1) is 10.8 Å². The Morgan fingerprint density at radius 3 is 2.05 bits per heavy atom. The van der Waals surface area contributed by atoms with E-state index >= 15 is 4.39 Å². The summed E-state index contributed by atoms with van der Waals surface area (Å²) in [4.78, 5) is 50.2. The van der Waals surface area contributed by atoms with Gasteiger partial charge in [-0.15, -0.1) is 6.58 Å². The summed E-state index contributed by atoms with van der Waals surface area (Å²) in [6.07, 6.45) is -2.97. The molecular formula is C28H45FN3O10P. The van der Waals surface area contributed by atoms with Gasteiger partial charge in [0.05, 0.1) is 26.2 Å². The Kier molecular flexibility index (Phi) is 12.0. The van der Waals surface area contributed by atoms with Crippen LogP contribution in [-0.2, 0) is 42.5 Å². The largest absolute Gasteiger partial charge is 0.464 e. The quantitative estimate of drug-likeness (QED) is 0.117. The number of carbonyl (C=O) groups excluding carboxylic acids is 4. The molecule has 6 atom stereocenters. The summed E-state index contributed by atoms with van der Waals surface area (Å²) in [6.45, 7) is 16.8. The van der Waals surface area contributed by atoms with E-state index in [-0.39, 0.29) is 24.0 Å². The molecule has 1 amide bonds. The number of ketones is 1. The number of hydrogen-bond acceptors (Lipinski definition) is 10. The number of allylic oxidation sites excluding steroid dienone is 1. The van der Waals surface area contributed by atoms with Crippen LogP contribution in [0.2, 0.25) is 0 Å². The maximum Gasteiger partial charge on any atom is 0.342 e. The van der Waals surface area contributed by atoms with Gasteiger partial charge in [-0.2, -0.15) is 0 Å². The van der Waals surface area contributed by atoms with Crippen molar-refractivity contribution in [2.45, 2.75) is 98.0 Å². The number of nitrogens with zero attached hydrogens (tertiary/aromatic N) is 1. The van der Waals surface area contributed by atoms with Crippen molar-refractivity contribution >= 4 is 31.3 Å². The third kappa shape index (κ3) is 10.3. The zero-order valence-electron chi connectivity index (χ0n) is 26.0. The maximum absolute atomic E-state index is 15.6. The molecule has 2 aliphatic rings. The van der Waals surface area contributed by atoms with E-state index in [1.54, 1.807) is 0 Å². The first-order valence-corrected chi connectivity index (χ1v) is 15.5. The minimum Gasteiger partial charge on any atom is -0.464 e. The van der Waals surface area contributed by atoms with Crippen LogP contribution < -0.4 is 10.2 Å². The summed E-state index contributed by atoms with van der Waals surface area (Å²) in [5.74, 6) is -2.71. The van der Waals surface area contributed by atoms with Crippen molar-refractivity contribution < 1.29 is 52.0 Å². The lowest BCUT2D eigenvalue weighted by molar-refractivity contribution is -0.153. The molecule has 0 aromatic rings. The number of amides is 1. The fraction of sp³-hybridized carbons (Fsp3) is 0.714. The Bertz CT molecular complexity index is 1110. The van der Waals surface area contributed by atoms with Gasteiger partial charge in [-0.3, -0.25) is 28.6 Å². The lowest BCUT2D eigenvalue weighted by Gasteiger charge is -2.33. The van der Waals surface area contributed by atoms with E-state index in [1.165, 1.54) is 13.8 Å². The average Bonchev–Trinajstić information content (AvgIpc) is 3.13. The second kappa shape index (κ2) is 14.1. The molecule has 0 aromatic heterocycles. The average molecular weight is 634 g/mol. The van der Waals surface area contributed by atoms with Crippen molar-refractivity contribution in [3.8, 4) is 0 Å². The van der Waals surface area contributed by atoms with Gasteiger partial charge in [-0.05, 0) is 30.8 Å². The van der Waals surface area contributed by atoms with Crippen molar-refractivity contribution in [2.75, 3.05) is 19.8 Å². The first-order valence-electron chi connectivity index (χ1n) is 13.9. The lowest BCUT2D eigenvalue weighted by Crippen LogP contribution is -2.46. The molecule has 244 valence electrons. The molecule has 1 saturated heterocycles. The Labute approximate surface area is 252 Å². The summed E-state index contributed by atoms with van der Waals surface area (Å²) < 4.78 is 51.6. The molecule has 0 aromatic carbocycles. The molecule has 2 heterocycles. The first kappa shape index (κ1) is 36.7. The monoisotopic (exact) mass is 633 g/mol. The molecule has 13 nitrogen and oxygen atoms in total. The van der Waals surface area contributed by atoms with Crippen LogP contribution in [0.25, 0.3) is 0 Å². The van der Waals surface area contributed by atoms with Gasteiger partial charge >= 0.3 is 19.6 Å². The van der Waals surface area contributed by atoms with Crippen LogP contribution in [0.3, 0.4) is 0 Å². The topological polar surface area (TPSA) is 170 Å². The molecule has 0 spiro atoms. The molecule has 2 rings (SSSR count). The Morgan fingerprint density at radius 1 is 1.14 bits per heavy atom. The Balaban J connectivity index is 2.29. The summed E-state index contributed by atoms with van der Waals surface area (Å²) >= 11 is 0. The van der Waals surface area contributed by atoms with Crippen molar-refractivity contribution in [1.29, 1.82) is 0 Å². The van der Waals surface area contributed by atoms with E-state index in [4.69, 9.17) is 18.7 Å². The standard InChI is InChI=1S/C28H45FN3O10P/c1-10-28(22(29)21(35)23(42-28)32-12-11-19(33)13-20(32)34)16-41-43(38,30-17(2)24(36)39-14-26(4,5)6)31-18(3)25(37)40-15-27(7,8)9/h10-12,17-18,21-23,35H,1,13-16H2,2-9H3,(H2,30,31,38)/t17-,18-,21+,22-,23+,28+/m0/s1. The number of carbonyl (C=O) groups is 4. The molecule has 0 bridgehead atoms. The number of halogens is 1. The van der Waals surface area contributed by atoms with E-state index in [0.29, 0.717) is 0 Å². The number of nitrogens with one attached hydrogen (secondary N) is 2. The van der Waals surface area contributed by atoms with Crippen molar-refractivity contribution in [3.63, 3.8) is 0 Å². The molecule has 15 heteroatoms. The van der Waals surface area contributed by atoms with Gasteiger partial charge in [0, 0.05) is 6.20 Å².